The summed E-state index contributed by atoms with van der Waals surface area (Å²) in [5.74, 6) is 1.23. The SMILES string of the molecule is CCOc1ccc(OCCN2C(=O)NC(Cc3ccccc3)C2=O)cc1. The molecule has 1 unspecified atom stereocenters. The van der Waals surface area contributed by atoms with Gasteiger partial charge in [0.1, 0.15) is 24.1 Å². The average Bonchev–Trinajstić information content (AvgIpc) is 2.91. The van der Waals surface area contributed by atoms with Crippen molar-refractivity contribution in [1.29, 1.82) is 0 Å². The number of hydrogen-bond donors (Lipinski definition) is 1. The first-order chi connectivity index (χ1) is 12.7. The number of carbonyl (C=O) groups excluding carboxylic acids is 2. The van der Waals surface area contributed by atoms with Crippen molar-refractivity contribution >= 4 is 11.9 Å². The molecule has 1 aliphatic heterocycles. The van der Waals surface area contributed by atoms with Crippen LogP contribution < -0.4 is 14.8 Å². The molecular formula is C20H22N2O4. The van der Waals surface area contributed by atoms with Crippen LogP contribution in [-0.4, -0.2) is 42.6 Å². The lowest BCUT2D eigenvalue weighted by Gasteiger charge is -2.14. The van der Waals surface area contributed by atoms with E-state index in [1.54, 1.807) is 12.1 Å². The molecule has 1 fully saturated rings. The summed E-state index contributed by atoms with van der Waals surface area (Å²) in [7, 11) is 0. The molecule has 6 heteroatoms. The van der Waals surface area contributed by atoms with Gasteiger partial charge in [-0.05, 0) is 36.8 Å². The number of nitrogens with zero attached hydrogens (tertiary/aromatic N) is 1. The van der Waals surface area contributed by atoms with Gasteiger partial charge in [-0.3, -0.25) is 9.69 Å². The van der Waals surface area contributed by atoms with E-state index in [0.29, 0.717) is 18.8 Å². The maximum atomic E-state index is 12.4. The fourth-order valence-corrected chi connectivity index (χ4v) is 2.83. The number of amides is 3. The second kappa shape index (κ2) is 8.38. The lowest BCUT2D eigenvalue weighted by Crippen LogP contribution is -2.35. The minimum Gasteiger partial charge on any atom is -0.494 e. The maximum Gasteiger partial charge on any atom is 0.324 e. The summed E-state index contributed by atoms with van der Waals surface area (Å²) in [6.45, 7) is 2.98. The third kappa shape index (κ3) is 4.33. The largest absolute Gasteiger partial charge is 0.494 e. The molecule has 6 nitrogen and oxygen atoms in total. The maximum absolute atomic E-state index is 12.4. The van der Waals surface area contributed by atoms with Gasteiger partial charge in [-0.15, -0.1) is 0 Å². The van der Waals surface area contributed by atoms with Gasteiger partial charge in [-0.25, -0.2) is 4.79 Å². The quantitative estimate of drug-likeness (QED) is 0.740. The summed E-state index contributed by atoms with van der Waals surface area (Å²) < 4.78 is 11.0. The lowest BCUT2D eigenvalue weighted by molar-refractivity contribution is -0.127. The van der Waals surface area contributed by atoms with Crippen LogP contribution in [0.1, 0.15) is 12.5 Å². The Balaban J connectivity index is 1.50. The molecule has 1 N–H and O–H groups in total. The molecule has 0 radical (unpaired) electrons. The molecular weight excluding hydrogens is 332 g/mol. The standard InChI is InChI=1S/C20H22N2O4/c1-2-25-16-8-10-17(11-9-16)26-13-12-22-19(23)18(21-20(22)24)14-15-6-4-3-5-7-15/h3-11,18H,2,12-14H2,1H3,(H,21,24). The van der Waals surface area contributed by atoms with Crippen LogP contribution in [0.2, 0.25) is 0 Å². The molecule has 136 valence electrons. The van der Waals surface area contributed by atoms with E-state index < -0.39 is 6.04 Å². The third-order valence-corrected chi connectivity index (χ3v) is 4.11. The van der Waals surface area contributed by atoms with Crippen LogP contribution in [0.15, 0.2) is 54.6 Å². The van der Waals surface area contributed by atoms with E-state index in [1.807, 2.05) is 49.4 Å². The summed E-state index contributed by atoms with van der Waals surface area (Å²) in [5.41, 5.74) is 1.01. The van der Waals surface area contributed by atoms with Crippen molar-refractivity contribution in [2.45, 2.75) is 19.4 Å². The van der Waals surface area contributed by atoms with Gasteiger partial charge in [-0.2, -0.15) is 0 Å². The van der Waals surface area contributed by atoms with Gasteiger partial charge < -0.3 is 14.8 Å². The Hall–Kier alpha value is -3.02. The fourth-order valence-electron chi connectivity index (χ4n) is 2.83. The van der Waals surface area contributed by atoms with Crippen LogP contribution in [0.5, 0.6) is 11.5 Å². The number of hydrogen-bond acceptors (Lipinski definition) is 4. The van der Waals surface area contributed by atoms with Crippen LogP contribution in [-0.2, 0) is 11.2 Å². The van der Waals surface area contributed by atoms with Crippen LogP contribution >= 0.6 is 0 Å². The highest BCUT2D eigenvalue weighted by Gasteiger charge is 2.37. The summed E-state index contributed by atoms with van der Waals surface area (Å²) in [5, 5.41) is 2.74. The van der Waals surface area contributed by atoms with Crippen molar-refractivity contribution in [1.82, 2.24) is 10.2 Å². The molecule has 2 aromatic rings. The molecule has 26 heavy (non-hydrogen) atoms. The number of imide groups is 1. The zero-order valence-electron chi connectivity index (χ0n) is 14.7. The van der Waals surface area contributed by atoms with Gasteiger partial charge in [0.2, 0.25) is 0 Å². The van der Waals surface area contributed by atoms with Crippen LogP contribution in [0.4, 0.5) is 4.79 Å². The van der Waals surface area contributed by atoms with E-state index in [1.165, 1.54) is 4.90 Å². The van der Waals surface area contributed by atoms with Gasteiger partial charge in [0.25, 0.3) is 5.91 Å². The van der Waals surface area contributed by atoms with Crippen LogP contribution in [0.3, 0.4) is 0 Å². The number of rotatable bonds is 8. The van der Waals surface area contributed by atoms with Gasteiger partial charge in [-0.1, -0.05) is 30.3 Å². The number of nitrogens with one attached hydrogen (secondary N) is 1. The Bertz CT molecular complexity index is 746. The van der Waals surface area contributed by atoms with Gasteiger partial charge in [0.15, 0.2) is 0 Å². The van der Waals surface area contributed by atoms with Gasteiger partial charge >= 0.3 is 6.03 Å². The summed E-state index contributed by atoms with van der Waals surface area (Å²) in [6, 6.07) is 16.0. The summed E-state index contributed by atoms with van der Waals surface area (Å²) in [6.07, 6.45) is 0.488. The molecule has 0 aliphatic carbocycles. The normalized spacial score (nSPS) is 16.5. The smallest absolute Gasteiger partial charge is 0.324 e. The van der Waals surface area contributed by atoms with Crippen molar-refractivity contribution < 1.29 is 19.1 Å². The molecule has 2 aromatic carbocycles. The second-order valence-electron chi connectivity index (χ2n) is 5.93. The third-order valence-electron chi connectivity index (χ3n) is 4.11. The molecule has 1 heterocycles. The van der Waals surface area contributed by atoms with Crippen molar-refractivity contribution in [3.63, 3.8) is 0 Å². The minimum atomic E-state index is -0.518. The predicted molar refractivity (Wildman–Crippen MR) is 97.3 cm³/mol. The number of urea groups is 1. The topological polar surface area (TPSA) is 67.9 Å². The van der Waals surface area contributed by atoms with Crippen LogP contribution in [0, 0.1) is 0 Å². The molecule has 1 atom stereocenters. The lowest BCUT2D eigenvalue weighted by atomic mass is 10.1. The summed E-state index contributed by atoms with van der Waals surface area (Å²) in [4.78, 5) is 25.7. The summed E-state index contributed by atoms with van der Waals surface area (Å²) >= 11 is 0. The van der Waals surface area contributed by atoms with E-state index in [2.05, 4.69) is 5.32 Å². The zero-order valence-corrected chi connectivity index (χ0v) is 14.7. The van der Waals surface area contributed by atoms with Gasteiger partial charge in [0.05, 0.1) is 13.2 Å². The highest BCUT2D eigenvalue weighted by atomic mass is 16.5. The Morgan fingerprint density at radius 3 is 2.27 bits per heavy atom. The van der Waals surface area contributed by atoms with Crippen LogP contribution in [0.25, 0.3) is 0 Å². The molecule has 0 saturated carbocycles. The first-order valence-electron chi connectivity index (χ1n) is 8.69. The fraction of sp³-hybridized carbons (Fsp3) is 0.300. The minimum absolute atomic E-state index is 0.211. The zero-order chi connectivity index (χ0) is 18.4. The van der Waals surface area contributed by atoms with Gasteiger partial charge in [0, 0.05) is 6.42 Å². The van der Waals surface area contributed by atoms with Crippen molar-refractivity contribution in [3.05, 3.63) is 60.2 Å². The molecule has 3 amide bonds. The number of ether oxygens (including phenoxy) is 2. The molecule has 1 saturated heterocycles. The number of carbonyl (C=O) groups is 2. The highest BCUT2D eigenvalue weighted by molar-refractivity contribution is 6.04. The molecule has 0 bridgehead atoms. The average molecular weight is 354 g/mol. The predicted octanol–water partition coefficient (Wildman–Crippen LogP) is 2.63. The van der Waals surface area contributed by atoms with Crippen molar-refractivity contribution in [3.8, 4) is 11.5 Å². The van der Waals surface area contributed by atoms with Crippen molar-refractivity contribution in [2.24, 2.45) is 0 Å². The second-order valence-corrected chi connectivity index (χ2v) is 5.93. The highest BCUT2D eigenvalue weighted by Crippen LogP contribution is 2.18. The Kier molecular flexibility index (Phi) is 5.73. The molecule has 0 spiro atoms. The number of benzene rings is 2. The molecule has 3 rings (SSSR count). The van der Waals surface area contributed by atoms with E-state index in [0.717, 1.165) is 11.3 Å². The Morgan fingerprint density at radius 2 is 1.62 bits per heavy atom. The molecule has 0 aromatic heterocycles. The van der Waals surface area contributed by atoms with E-state index in [9.17, 15) is 9.59 Å². The van der Waals surface area contributed by atoms with E-state index in [-0.39, 0.29) is 25.1 Å². The van der Waals surface area contributed by atoms with E-state index >= 15 is 0 Å². The monoisotopic (exact) mass is 354 g/mol. The van der Waals surface area contributed by atoms with E-state index in [4.69, 9.17) is 9.47 Å². The first-order valence-corrected chi connectivity index (χ1v) is 8.69. The first kappa shape index (κ1) is 17.8. The Labute approximate surface area is 152 Å². The van der Waals surface area contributed by atoms with Crippen molar-refractivity contribution in [2.75, 3.05) is 19.8 Å². The Morgan fingerprint density at radius 1 is 0.962 bits per heavy atom. The molecule has 1 aliphatic rings.